The summed E-state index contributed by atoms with van der Waals surface area (Å²) in [6.45, 7) is 8.30. The zero-order chi connectivity index (χ0) is 18.3. The van der Waals surface area contributed by atoms with E-state index in [4.69, 9.17) is 4.74 Å². The molecule has 1 aromatic heterocycles. The number of benzene rings is 2. The molecule has 2 aromatic carbocycles. The van der Waals surface area contributed by atoms with Gasteiger partial charge in [0.1, 0.15) is 5.60 Å². The van der Waals surface area contributed by atoms with Gasteiger partial charge in [-0.3, -0.25) is 0 Å². The van der Waals surface area contributed by atoms with Crippen LogP contribution in [0.1, 0.15) is 36.7 Å². The highest BCUT2D eigenvalue weighted by Crippen LogP contribution is 2.32. The van der Waals surface area contributed by atoms with Crippen LogP contribution in [0.5, 0.6) is 0 Å². The van der Waals surface area contributed by atoms with E-state index in [1.54, 1.807) is 0 Å². The normalized spacial score (nSPS) is 14.3. The summed E-state index contributed by atoms with van der Waals surface area (Å²) < 4.78 is 7.83. The van der Waals surface area contributed by atoms with Crippen molar-refractivity contribution >= 4 is 16.9 Å². The zero-order valence-electron chi connectivity index (χ0n) is 15.5. The van der Waals surface area contributed by atoms with Gasteiger partial charge in [-0.2, -0.15) is 0 Å². The highest BCUT2D eigenvalue weighted by molar-refractivity contribution is 5.96. The van der Waals surface area contributed by atoms with Gasteiger partial charge in [0.05, 0.1) is 5.56 Å². The van der Waals surface area contributed by atoms with Gasteiger partial charge in [-0.15, -0.1) is 0 Å². The minimum Gasteiger partial charge on any atom is -0.456 e. The SMILES string of the molecule is CC(C)(C)OC(=O)c1ccc2cc3n(c2c1)CCNCc1ccccc1-3. The molecule has 0 atom stereocenters. The Kier molecular flexibility index (Phi) is 4.08. The number of carbonyl (C=O) groups excluding carboxylic acids is 1. The Bertz CT molecular complexity index is 979. The van der Waals surface area contributed by atoms with E-state index >= 15 is 0 Å². The van der Waals surface area contributed by atoms with E-state index in [-0.39, 0.29) is 5.97 Å². The van der Waals surface area contributed by atoms with E-state index < -0.39 is 5.60 Å². The highest BCUT2D eigenvalue weighted by Gasteiger charge is 2.20. The second kappa shape index (κ2) is 6.29. The van der Waals surface area contributed by atoms with Gasteiger partial charge in [0.25, 0.3) is 0 Å². The molecule has 1 N–H and O–H groups in total. The Morgan fingerprint density at radius 2 is 1.92 bits per heavy atom. The molecule has 0 amide bonds. The summed E-state index contributed by atoms with van der Waals surface area (Å²) in [5, 5.41) is 4.64. The third kappa shape index (κ3) is 3.13. The van der Waals surface area contributed by atoms with Crippen LogP contribution in [0.25, 0.3) is 22.2 Å². The first-order valence-corrected chi connectivity index (χ1v) is 9.08. The molecule has 0 bridgehead atoms. The van der Waals surface area contributed by atoms with Crippen molar-refractivity contribution in [3.63, 3.8) is 0 Å². The number of carbonyl (C=O) groups is 1. The van der Waals surface area contributed by atoms with Crippen molar-refractivity contribution in [2.24, 2.45) is 0 Å². The quantitative estimate of drug-likeness (QED) is 0.664. The molecule has 134 valence electrons. The summed E-state index contributed by atoms with van der Waals surface area (Å²) in [6, 6.07) is 16.5. The standard InChI is InChI=1S/C22H24N2O2/c1-22(2,3)26-21(25)16-9-8-15-12-20-18-7-5-4-6-17(18)14-23-10-11-24(20)19(15)13-16/h4-9,12-13,23H,10-11,14H2,1-3H3. The molecule has 1 aliphatic rings. The van der Waals surface area contributed by atoms with Crippen molar-refractivity contribution in [2.75, 3.05) is 6.54 Å². The molecular formula is C22H24N2O2. The average Bonchev–Trinajstić information content (AvgIpc) is 2.92. The molecule has 4 heteroatoms. The number of hydrogen-bond acceptors (Lipinski definition) is 3. The molecule has 0 fully saturated rings. The van der Waals surface area contributed by atoms with Crippen LogP contribution >= 0.6 is 0 Å². The lowest BCUT2D eigenvalue weighted by Gasteiger charge is -2.20. The molecule has 4 rings (SSSR count). The number of rotatable bonds is 1. The number of nitrogens with zero attached hydrogens (tertiary/aromatic N) is 1. The number of aromatic nitrogens is 1. The van der Waals surface area contributed by atoms with Gasteiger partial charge in [-0.25, -0.2) is 4.79 Å². The lowest BCUT2D eigenvalue weighted by atomic mass is 10.0. The van der Waals surface area contributed by atoms with Crippen molar-refractivity contribution in [1.29, 1.82) is 0 Å². The maximum atomic E-state index is 12.5. The molecule has 26 heavy (non-hydrogen) atoms. The van der Waals surface area contributed by atoms with E-state index in [0.717, 1.165) is 30.5 Å². The largest absolute Gasteiger partial charge is 0.456 e. The molecule has 0 unspecified atom stereocenters. The van der Waals surface area contributed by atoms with Gasteiger partial charge >= 0.3 is 5.97 Å². The monoisotopic (exact) mass is 348 g/mol. The average molecular weight is 348 g/mol. The zero-order valence-corrected chi connectivity index (χ0v) is 15.5. The lowest BCUT2D eigenvalue weighted by Crippen LogP contribution is -2.24. The summed E-state index contributed by atoms with van der Waals surface area (Å²) >= 11 is 0. The van der Waals surface area contributed by atoms with Crippen LogP contribution in [0.2, 0.25) is 0 Å². The lowest BCUT2D eigenvalue weighted by molar-refractivity contribution is 0.00697. The van der Waals surface area contributed by atoms with Gasteiger partial charge in [0.2, 0.25) is 0 Å². The fourth-order valence-corrected chi connectivity index (χ4v) is 3.52. The van der Waals surface area contributed by atoms with Crippen molar-refractivity contribution in [3.05, 3.63) is 59.7 Å². The Hall–Kier alpha value is -2.59. The van der Waals surface area contributed by atoms with E-state index in [0.29, 0.717) is 5.56 Å². The molecule has 0 aliphatic carbocycles. The van der Waals surface area contributed by atoms with Crippen LogP contribution in [-0.2, 0) is 17.8 Å². The maximum absolute atomic E-state index is 12.5. The fourth-order valence-electron chi connectivity index (χ4n) is 3.52. The second-order valence-corrected chi connectivity index (χ2v) is 7.79. The molecule has 4 nitrogen and oxygen atoms in total. The molecule has 3 aromatic rings. The van der Waals surface area contributed by atoms with E-state index in [1.165, 1.54) is 16.8 Å². The fraction of sp³-hybridized carbons (Fsp3) is 0.318. The van der Waals surface area contributed by atoms with Crippen LogP contribution in [0.3, 0.4) is 0 Å². The number of esters is 1. The minimum atomic E-state index is -0.497. The molecule has 0 saturated carbocycles. The minimum absolute atomic E-state index is 0.278. The van der Waals surface area contributed by atoms with Crippen LogP contribution in [0.4, 0.5) is 0 Å². The molecule has 1 aliphatic heterocycles. The van der Waals surface area contributed by atoms with E-state index in [9.17, 15) is 4.79 Å². The number of ether oxygens (including phenoxy) is 1. The first-order chi connectivity index (χ1) is 12.4. The molecule has 0 radical (unpaired) electrons. The van der Waals surface area contributed by atoms with Gasteiger partial charge in [-0.1, -0.05) is 30.3 Å². The van der Waals surface area contributed by atoms with Crippen LogP contribution < -0.4 is 5.32 Å². The van der Waals surface area contributed by atoms with Gasteiger partial charge < -0.3 is 14.6 Å². The Morgan fingerprint density at radius 1 is 1.12 bits per heavy atom. The number of fused-ring (bicyclic) bond motifs is 5. The van der Waals surface area contributed by atoms with Crippen molar-refractivity contribution in [1.82, 2.24) is 9.88 Å². The third-order valence-corrected chi connectivity index (χ3v) is 4.66. The molecular weight excluding hydrogens is 324 g/mol. The highest BCUT2D eigenvalue weighted by atomic mass is 16.6. The molecule has 0 spiro atoms. The second-order valence-electron chi connectivity index (χ2n) is 7.79. The summed E-state index contributed by atoms with van der Waals surface area (Å²) in [6.07, 6.45) is 0. The van der Waals surface area contributed by atoms with Gasteiger partial charge in [0.15, 0.2) is 0 Å². The summed E-state index contributed by atoms with van der Waals surface area (Å²) in [5.41, 5.74) is 4.92. The van der Waals surface area contributed by atoms with Crippen molar-refractivity contribution in [2.45, 2.75) is 39.5 Å². The van der Waals surface area contributed by atoms with Crippen molar-refractivity contribution in [3.8, 4) is 11.3 Å². The van der Waals surface area contributed by atoms with Gasteiger partial charge in [0, 0.05) is 41.8 Å². The van der Waals surface area contributed by atoms with E-state index in [1.807, 2.05) is 39.0 Å². The summed E-state index contributed by atoms with van der Waals surface area (Å²) in [7, 11) is 0. The molecule has 2 heterocycles. The topological polar surface area (TPSA) is 43.3 Å². The van der Waals surface area contributed by atoms with Gasteiger partial charge in [-0.05, 0) is 44.5 Å². The first kappa shape index (κ1) is 16.9. The number of nitrogens with one attached hydrogen (secondary N) is 1. The smallest absolute Gasteiger partial charge is 0.338 e. The van der Waals surface area contributed by atoms with Crippen LogP contribution in [0.15, 0.2) is 48.5 Å². The molecule has 0 saturated heterocycles. The Balaban J connectivity index is 1.84. The summed E-state index contributed by atoms with van der Waals surface area (Å²) in [4.78, 5) is 12.5. The Labute approximate surface area is 153 Å². The van der Waals surface area contributed by atoms with E-state index in [2.05, 4.69) is 40.2 Å². The van der Waals surface area contributed by atoms with Crippen LogP contribution in [0, 0.1) is 0 Å². The van der Waals surface area contributed by atoms with Crippen molar-refractivity contribution < 1.29 is 9.53 Å². The maximum Gasteiger partial charge on any atom is 0.338 e. The number of hydrogen-bond donors (Lipinski definition) is 1. The third-order valence-electron chi connectivity index (χ3n) is 4.66. The predicted octanol–water partition coefficient (Wildman–Crippen LogP) is 4.37. The van der Waals surface area contributed by atoms with Crippen LogP contribution in [-0.4, -0.2) is 22.7 Å². The predicted molar refractivity (Wildman–Crippen MR) is 104 cm³/mol. The Morgan fingerprint density at radius 3 is 2.73 bits per heavy atom. The summed E-state index contributed by atoms with van der Waals surface area (Å²) in [5.74, 6) is -0.278. The first-order valence-electron chi connectivity index (χ1n) is 9.08.